The number of carbonyl (C=O) groups is 1. The lowest BCUT2D eigenvalue weighted by Gasteiger charge is -2.25. The first-order valence-electron chi connectivity index (χ1n) is 17.3. The first-order valence-corrected chi connectivity index (χ1v) is 17.3. The molecule has 0 fully saturated rings. The van der Waals surface area contributed by atoms with E-state index in [1.54, 1.807) is 0 Å². The van der Waals surface area contributed by atoms with Crippen molar-refractivity contribution < 1.29 is 14.3 Å². The van der Waals surface area contributed by atoms with Crippen molar-refractivity contribution in [2.75, 3.05) is 6.61 Å². The fourth-order valence-corrected chi connectivity index (χ4v) is 7.98. The van der Waals surface area contributed by atoms with Crippen LogP contribution >= 0.6 is 0 Å². The largest absolute Gasteiger partial charge is 0.458 e. The number of aromatic nitrogens is 3. The van der Waals surface area contributed by atoms with Gasteiger partial charge >= 0.3 is 5.97 Å². The van der Waals surface area contributed by atoms with Gasteiger partial charge in [0.15, 0.2) is 0 Å². The van der Waals surface area contributed by atoms with Crippen LogP contribution in [0.4, 0.5) is 0 Å². The van der Waals surface area contributed by atoms with E-state index < -0.39 is 6.10 Å². The van der Waals surface area contributed by atoms with Crippen LogP contribution in [0.2, 0.25) is 0 Å². The highest BCUT2D eigenvalue weighted by atomic mass is 16.6. The second-order valence-corrected chi connectivity index (χ2v) is 13.1. The molecule has 0 spiro atoms. The monoisotopic (exact) mass is 655 g/mol. The summed E-state index contributed by atoms with van der Waals surface area (Å²) in [6.45, 7) is 3.45. The molecule has 0 saturated carbocycles. The predicted octanol–water partition coefficient (Wildman–Crippen LogP) is 9.73. The van der Waals surface area contributed by atoms with Crippen molar-refractivity contribution in [2.45, 2.75) is 38.8 Å². The van der Waals surface area contributed by atoms with Crippen molar-refractivity contribution in [1.29, 1.82) is 0 Å². The number of esters is 1. The Kier molecular flexibility index (Phi) is 7.59. The summed E-state index contributed by atoms with van der Waals surface area (Å²) in [5, 5.41) is 7.26. The van der Waals surface area contributed by atoms with Crippen LogP contribution in [0.3, 0.4) is 0 Å². The molecule has 9 aromatic rings. The number of nitrogens with zero attached hydrogens (tertiary/aromatic N) is 3. The molecule has 0 aliphatic heterocycles. The topological polar surface area (TPSA) is 50.3 Å². The summed E-state index contributed by atoms with van der Waals surface area (Å²) in [5.74, 6) is -0.319. The Labute approximate surface area is 289 Å². The minimum absolute atomic E-state index is 0.246. The zero-order valence-corrected chi connectivity index (χ0v) is 27.9. The van der Waals surface area contributed by atoms with E-state index in [1.807, 2.05) is 0 Å². The fourth-order valence-electron chi connectivity index (χ4n) is 7.98. The lowest BCUT2D eigenvalue weighted by Crippen LogP contribution is -2.33. The number of hydrogen-bond donors (Lipinski definition) is 0. The maximum absolute atomic E-state index is 12.6. The van der Waals surface area contributed by atoms with E-state index in [1.165, 1.54) is 61.3 Å². The molecule has 0 radical (unpaired) electrons. The van der Waals surface area contributed by atoms with E-state index in [2.05, 4.69) is 159 Å². The third-order valence-corrected chi connectivity index (χ3v) is 10.0. The Morgan fingerprint density at radius 3 is 0.980 bits per heavy atom. The van der Waals surface area contributed by atoms with Crippen LogP contribution in [-0.4, -0.2) is 38.5 Å². The summed E-state index contributed by atoms with van der Waals surface area (Å²) in [4.78, 5) is 12.6. The smallest absolute Gasteiger partial charge is 0.303 e. The van der Waals surface area contributed by atoms with Crippen LogP contribution in [0, 0.1) is 0 Å². The van der Waals surface area contributed by atoms with Crippen molar-refractivity contribution in [3.8, 4) is 0 Å². The normalized spacial score (nSPS) is 12.7. The maximum atomic E-state index is 12.6. The standard InChI is InChI=1S/C44H37N3O3/c1-30(48)50-32(28-47-43-24-12-6-18-37(43)38-19-7-13-25-44(38)47)29-49-31(26-45-39-20-8-2-14-33(39)34-15-3-9-21-40(34)45)27-46-41-22-10-4-16-35(41)36-17-5-11-23-42(36)46/h2-25,31-32H,26-29H2,1H3. The van der Waals surface area contributed by atoms with Gasteiger partial charge in [0.25, 0.3) is 0 Å². The number of hydrogen-bond acceptors (Lipinski definition) is 3. The zero-order valence-electron chi connectivity index (χ0n) is 27.9. The van der Waals surface area contributed by atoms with E-state index >= 15 is 0 Å². The van der Waals surface area contributed by atoms with Gasteiger partial charge in [-0.3, -0.25) is 4.79 Å². The summed E-state index contributed by atoms with van der Waals surface area (Å²) in [6, 6.07) is 51.2. The fraction of sp³-hybridized carbons (Fsp3) is 0.159. The van der Waals surface area contributed by atoms with Crippen LogP contribution in [0.15, 0.2) is 146 Å². The summed E-state index contributed by atoms with van der Waals surface area (Å²) < 4.78 is 20.0. The molecule has 6 nitrogen and oxygen atoms in total. The lowest BCUT2D eigenvalue weighted by atomic mass is 10.2. The number of benzene rings is 6. The summed E-state index contributed by atoms with van der Waals surface area (Å²) in [7, 11) is 0. The summed E-state index contributed by atoms with van der Waals surface area (Å²) in [6.07, 6.45) is -0.741. The number of rotatable bonds is 10. The first kappa shape index (κ1) is 30.2. The second-order valence-electron chi connectivity index (χ2n) is 13.1. The van der Waals surface area contributed by atoms with E-state index in [0.717, 1.165) is 11.0 Å². The first-order chi connectivity index (χ1) is 24.6. The Morgan fingerprint density at radius 2 is 0.700 bits per heavy atom. The van der Waals surface area contributed by atoms with Gasteiger partial charge in [-0.1, -0.05) is 109 Å². The lowest BCUT2D eigenvalue weighted by molar-refractivity contribution is -0.151. The Bertz CT molecular complexity index is 2400. The maximum Gasteiger partial charge on any atom is 0.303 e. The van der Waals surface area contributed by atoms with E-state index in [0.29, 0.717) is 19.6 Å². The van der Waals surface area contributed by atoms with E-state index in [-0.39, 0.29) is 18.7 Å². The Balaban J connectivity index is 1.12. The van der Waals surface area contributed by atoms with Crippen molar-refractivity contribution >= 4 is 71.4 Å². The van der Waals surface area contributed by atoms with Gasteiger partial charge in [-0.2, -0.15) is 0 Å². The average molecular weight is 656 g/mol. The predicted molar refractivity (Wildman–Crippen MR) is 204 cm³/mol. The van der Waals surface area contributed by atoms with E-state index in [9.17, 15) is 4.79 Å². The number of para-hydroxylation sites is 6. The van der Waals surface area contributed by atoms with Crippen LogP contribution < -0.4 is 0 Å². The van der Waals surface area contributed by atoms with Crippen molar-refractivity contribution in [1.82, 2.24) is 13.7 Å². The molecule has 50 heavy (non-hydrogen) atoms. The third-order valence-electron chi connectivity index (χ3n) is 10.0. The van der Waals surface area contributed by atoms with Crippen molar-refractivity contribution in [3.05, 3.63) is 146 Å². The highest BCUT2D eigenvalue weighted by molar-refractivity contribution is 6.09. The van der Waals surface area contributed by atoms with Crippen LogP contribution in [0.5, 0.6) is 0 Å². The van der Waals surface area contributed by atoms with Gasteiger partial charge in [-0.25, -0.2) is 0 Å². The Morgan fingerprint density at radius 1 is 0.440 bits per heavy atom. The van der Waals surface area contributed by atoms with Crippen molar-refractivity contribution in [3.63, 3.8) is 0 Å². The van der Waals surface area contributed by atoms with Gasteiger partial charge in [0.05, 0.1) is 32.3 Å². The second kappa shape index (κ2) is 12.6. The molecule has 6 aromatic carbocycles. The Hall–Kier alpha value is -5.85. The van der Waals surface area contributed by atoms with Crippen LogP contribution in [-0.2, 0) is 33.9 Å². The molecule has 9 rings (SSSR count). The third kappa shape index (κ3) is 5.20. The number of ether oxygens (including phenoxy) is 2. The highest BCUT2D eigenvalue weighted by Crippen LogP contribution is 2.33. The zero-order chi connectivity index (χ0) is 33.6. The van der Waals surface area contributed by atoms with Crippen LogP contribution in [0.1, 0.15) is 6.92 Å². The molecule has 0 bridgehead atoms. The SMILES string of the molecule is CC(=O)OC(COC(Cn1c2ccccc2c2ccccc21)Cn1c2ccccc2c2ccccc21)Cn1c2ccccc2c2ccccc21. The molecular weight excluding hydrogens is 619 g/mol. The van der Waals surface area contributed by atoms with Gasteiger partial charge in [0.2, 0.25) is 0 Å². The summed E-state index contributed by atoms with van der Waals surface area (Å²) >= 11 is 0. The van der Waals surface area contributed by atoms with Gasteiger partial charge in [-0.15, -0.1) is 0 Å². The molecule has 0 aliphatic carbocycles. The van der Waals surface area contributed by atoms with Crippen LogP contribution in [0.25, 0.3) is 65.4 Å². The van der Waals surface area contributed by atoms with Gasteiger partial charge in [-0.05, 0) is 36.4 Å². The average Bonchev–Trinajstić information content (AvgIpc) is 3.76. The molecule has 246 valence electrons. The van der Waals surface area contributed by atoms with E-state index in [4.69, 9.17) is 9.47 Å². The summed E-state index contributed by atoms with van der Waals surface area (Å²) in [5.41, 5.74) is 6.91. The van der Waals surface area contributed by atoms with Gasteiger partial charge in [0.1, 0.15) is 6.10 Å². The van der Waals surface area contributed by atoms with Gasteiger partial charge in [0, 0.05) is 72.3 Å². The minimum Gasteiger partial charge on any atom is -0.458 e. The number of carbonyl (C=O) groups excluding carboxylic acids is 1. The van der Waals surface area contributed by atoms with Gasteiger partial charge < -0.3 is 23.2 Å². The molecular formula is C44H37N3O3. The molecule has 3 aromatic heterocycles. The van der Waals surface area contributed by atoms with Crippen molar-refractivity contribution in [2.24, 2.45) is 0 Å². The molecule has 1 atom stereocenters. The molecule has 0 aliphatic rings. The minimum atomic E-state index is -0.495. The highest BCUT2D eigenvalue weighted by Gasteiger charge is 2.23. The molecule has 0 N–H and O–H groups in total. The molecule has 6 heteroatoms. The molecule has 3 heterocycles. The molecule has 1 unspecified atom stereocenters. The molecule has 0 saturated heterocycles. The quantitative estimate of drug-likeness (QED) is 0.138. The molecule has 0 amide bonds. The number of fused-ring (bicyclic) bond motifs is 9.